The predicted octanol–water partition coefficient (Wildman–Crippen LogP) is 5.77. The van der Waals surface area contributed by atoms with E-state index in [0.717, 1.165) is 60.4 Å². The Balaban J connectivity index is 1.47. The largest absolute Gasteiger partial charge is 0.490 e. The van der Waals surface area contributed by atoms with Gasteiger partial charge in [-0.1, -0.05) is 41.1 Å². The molecule has 0 spiro atoms. The van der Waals surface area contributed by atoms with Crippen molar-refractivity contribution in [2.75, 3.05) is 50.9 Å². The summed E-state index contributed by atoms with van der Waals surface area (Å²) in [5.41, 5.74) is 2.43. The number of anilines is 1. The number of hydrogen-bond donors (Lipinski definition) is 0. The fourth-order valence-corrected chi connectivity index (χ4v) is 5.65. The zero-order valence-corrected chi connectivity index (χ0v) is 21.5. The highest BCUT2D eigenvalue weighted by atomic mass is 35.5. The van der Waals surface area contributed by atoms with Crippen LogP contribution in [0.15, 0.2) is 40.8 Å². The molecule has 2 aromatic heterocycles. The molecule has 0 N–H and O–H groups in total. The molecule has 7 nitrogen and oxygen atoms in total. The zero-order chi connectivity index (χ0) is 24.4. The third-order valence-corrected chi connectivity index (χ3v) is 7.68. The van der Waals surface area contributed by atoms with Gasteiger partial charge < -0.3 is 13.9 Å². The first-order valence-electron chi connectivity index (χ1n) is 11.9. The van der Waals surface area contributed by atoms with Gasteiger partial charge in [0.2, 0.25) is 0 Å². The van der Waals surface area contributed by atoms with Gasteiger partial charge in [-0.3, -0.25) is 14.6 Å². The van der Waals surface area contributed by atoms with Crippen LogP contribution in [0.3, 0.4) is 0 Å². The van der Waals surface area contributed by atoms with E-state index in [1.807, 2.05) is 44.2 Å². The highest BCUT2D eigenvalue weighted by Gasteiger charge is 2.26. The van der Waals surface area contributed by atoms with E-state index in [4.69, 9.17) is 30.5 Å². The Hall–Kier alpha value is -2.65. The van der Waals surface area contributed by atoms with Crippen LogP contribution in [0.2, 0.25) is 5.02 Å². The van der Waals surface area contributed by atoms with E-state index >= 15 is 0 Å². The van der Waals surface area contributed by atoms with E-state index in [2.05, 4.69) is 4.90 Å². The summed E-state index contributed by atoms with van der Waals surface area (Å²) >= 11 is 7.90. The van der Waals surface area contributed by atoms with Crippen LogP contribution in [0.25, 0.3) is 21.2 Å². The summed E-state index contributed by atoms with van der Waals surface area (Å²) in [4.78, 5) is 22.7. The van der Waals surface area contributed by atoms with Crippen molar-refractivity contribution in [2.45, 2.75) is 20.3 Å². The van der Waals surface area contributed by atoms with E-state index in [9.17, 15) is 4.79 Å². The lowest BCUT2D eigenvalue weighted by molar-refractivity contribution is 0.0376. The van der Waals surface area contributed by atoms with Crippen molar-refractivity contribution in [1.82, 2.24) is 9.88 Å². The van der Waals surface area contributed by atoms with Gasteiger partial charge in [0.25, 0.3) is 5.91 Å². The molecule has 5 rings (SSSR count). The van der Waals surface area contributed by atoms with Gasteiger partial charge in [-0.25, -0.2) is 4.98 Å². The number of aryl methyl sites for hydroxylation is 1. The lowest BCUT2D eigenvalue weighted by Gasteiger charge is -2.27. The molecule has 2 aromatic carbocycles. The number of carbonyl (C=O) groups excluding carboxylic acids is 1. The average molecular weight is 514 g/mol. The monoisotopic (exact) mass is 513 g/mol. The molecule has 1 fully saturated rings. The standard InChI is InChI=1S/C26H28ClN3O4S/c1-3-33-20-7-4-6-18-16-21(34-23(18)20)25(31)30(11-5-10-29-12-14-32-15-13-29)26-28-22-17(2)8-9-19(27)24(22)35-26/h4,6-9,16H,3,5,10-15H2,1-2H3. The third kappa shape index (κ3) is 5.02. The van der Waals surface area contributed by atoms with Crippen LogP contribution in [-0.4, -0.2) is 61.8 Å². The van der Waals surface area contributed by atoms with Crippen molar-refractivity contribution in [3.8, 4) is 5.75 Å². The Morgan fingerprint density at radius 2 is 2.09 bits per heavy atom. The number of nitrogens with zero attached hydrogens (tertiary/aromatic N) is 3. The maximum absolute atomic E-state index is 13.8. The number of rotatable bonds is 8. The number of fused-ring (bicyclic) bond motifs is 2. The molecule has 1 saturated heterocycles. The van der Waals surface area contributed by atoms with Crippen molar-refractivity contribution in [2.24, 2.45) is 0 Å². The Labute approximate surface area is 213 Å². The van der Waals surface area contributed by atoms with Gasteiger partial charge >= 0.3 is 0 Å². The Morgan fingerprint density at radius 1 is 1.26 bits per heavy atom. The second kappa shape index (κ2) is 10.5. The Morgan fingerprint density at radius 3 is 2.86 bits per heavy atom. The van der Waals surface area contributed by atoms with Crippen LogP contribution < -0.4 is 9.64 Å². The van der Waals surface area contributed by atoms with Gasteiger partial charge in [0.05, 0.1) is 35.1 Å². The minimum Gasteiger partial charge on any atom is -0.490 e. The Bertz CT molecular complexity index is 1310. The smallest absolute Gasteiger partial charge is 0.295 e. The van der Waals surface area contributed by atoms with Gasteiger partial charge in [-0.15, -0.1) is 0 Å². The molecule has 0 atom stereocenters. The number of amides is 1. The molecule has 0 unspecified atom stereocenters. The van der Waals surface area contributed by atoms with Crippen LogP contribution in [-0.2, 0) is 4.74 Å². The number of aromatic nitrogens is 1. The van der Waals surface area contributed by atoms with Crippen molar-refractivity contribution in [3.05, 3.63) is 52.7 Å². The number of ether oxygens (including phenoxy) is 2. The normalized spacial score (nSPS) is 14.6. The number of benzene rings is 2. The molecule has 1 amide bonds. The molecule has 0 radical (unpaired) electrons. The molecule has 1 aliphatic rings. The lowest BCUT2D eigenvalue weighted by Crippen LogP contribution is -2.39. The summed E-state index contributed by atoms with van der Waals surface area (Å²) in [5.74, 6) is 0.671. The summed E-state index contributed by atoms with van der Waals surface area (Å²) in [5, 5.41) is 2.09. The van der Waals surface area contributed by atoms with Crippen LogP contribution >= 0.6 is 22.9 Å². The topological polar surface area (TPSA) is 68.0 Å². The average Bonchev–Trinajstić information content (AvgIpc) is 3.51. The number of carbonyl (C=O) groups is 1. The molecule has 184 valence electrons. The summed E-state index contributed by atoms with van der Waals surface area (Å²) in [7, 11) is 0. The van der Waals surface area contributed by atoms with Crippen LogP contribution in [0.5, 0.6) is 5.75 Å². The molecule has 0 aliphatic carbocycles. The minimum absolute atomic E-state index is 0.224. The number of morpholine rings is 1. The van der Waals surface area contributed by atoms with Crippen LogP contribution in [0.4, 0.5) is 5.13 Å². The summed E-state index contributed by atoms with van der Waals surface area (Å²) in [6.45, 7) is 9.16. The molecule has 1 aliphatic heterocycles. The number of hydrogen-bond acceptors (Lipinski definition) is 7. The summed E-state index contributed by atoms with van der Waals surface area (Å²) < 4.78 is 18.1. The molecule has 0 bridgehead atoms. The van der Waals surface area contributed by atoms with Crippen LogP contribution in [0, 0.1) is 6.92 Å². The summed E-state index contributed by atoms with van der Waals surface area (Å²) in [6, 6.07) is 11.3. The van der Waals surface area contributed by atoms with E-state index in [0.29, 0.717) is 34.6 Å². The van der Waals surface area contributed by atoms with Gasteiger partial charge in [0.1, 0.15) is 0 Å². The van der Waals surface area contributed by atoms with E-state index in [1.165, 1.54) is 11.3 Å². The molecule has 0 saturated carbocycles. The third-order valence-electron chi connectivity index (χ3n) is 6.14. The first-order chi connectivity index (χ1) is 17.0. The first kappa shape index (κ1) is 24.1. The van der Waals surface area contributed by atoms with Gasteiger partial charge in [0, 0.05) is 31.6 Å². The molecular weight excluding hydrogens is 486 g/mol. The fourth-order valence-electron chi connectivity index (χ4n) is 4.31. The first-order valence-corrected chi connectivity index (χ1v) is 13.1. The lowest BCUT2D eigenvalue weighted by atomic mass is 10.2. The molecule has 3 heterocycles. The van der Waals surface area contributed by atoms with Crippen LogP contribution in [0.1, 0.15) is 29.5 Å². The SMILES string of the molecule is CCOc1cccc2cc(C(=O)N(CCCN3CCOCC3)c3nc4c(C)ccc(Cl)c4s3)oc12. The Kier molecular flexibility index (Phi) is 7.24. The maximum atomic E-state index is 13.8. The van der Waals surface area contributed by atoms with E-state index in [-0.39, 0.29) is 11.7 Å². The quantitative estimate of drug-likeness (QED) is 0.298. The van der Waals surface area contributed by atoms with Gasteiger partial charge in [0.15, 0.2) is 22.2 Å². The van der Waals surface area contributed by atoms with Gasteiger partial charge in [-0.05, 0) is 44.0 Å². The number of furan rings is 1. The van der Waals surface area contributed by atoms with Gasteiger partial charge in [-0.2, -0.15) is 0 Å². The second-order valence-corrected chi connectivity index (χ2v) is 9.91. The maximum Gasteiger partial charge on any atom is 0.295 e. The highest BCUT2D eigenvalue weighted by molar-refractivity contribution is 7.23. The zero-order valence-electron chi connectivity index (χ0n) is 19.9. The molecule has 35 heavy (non-hydrogen) atoms. The van der Waals surface area contributed by atoms with E-state index in [1.54, 1.807) is 11.0 Å². The second-order valence-electron chi connectivity index (χ2n) is 8.52. The van der Waals surface area contributed by atoms with Crippen molar-refractivity contribution in [3.63, 3.8) is 0 Å². The summed E-state index contributed by atoms with van der Waals surface area (Å²) in [6.07, 6.45) is 0.804. The molecule has 4 aromatic rings. The molecule has 9 heteroatoms. The van der Waals surface area contributed by atoms with Crippen molar-refractivity contribution < 1.29 is 18.7 Å². The highest BCUT2D eigenvalue weighted by Crippen LogP contribution is 2.37. The predicted molar refractivity (Wildman–Crippen MR) is 140 cm³/mol. The number of para-hydroxylation sites is 1. The minimum atomic E-state index is -0.224. The molecular formula is C26H28ClN3O4S. The van der Waals surface area contributed by atoms with Crippen molar-refractivity contribution >= 4 is 55.2 Å². The van der Waals surface area contributed by atoms with Crippen molar-refractivity contribution in [1.29, 1.82) is 0 Å². The number of thiazole rings is 1. The number of halogens is 1. The fraction of sp³-hybridized carbons (Fsp3) is 0.385. The van der Waals surface area contributed by atoms with E-state index < -0.39 is 0 Å².